The summed E-state index contributed by atoms with van der Waals surface area (Å²) in [5.41, 5.74) is -0.0794. The van der Waals surface area contributed by atoms with Crippen molar-refractivity contribution in [2.24, 2.45) is 5.41 Å². The zero-order chi connectivity index (χ0) is 10.1. The van der Waals surface area contributed by atoms with E-state index in [0.29, 0.717) is 18.4 Å². The second kappa shape index (κ2) is 3.79. The van der Waals surface area contributed by atoms with Crippen molar-refractivity contribution in [3.05, 3.63) is 0 Å². The summed E-state index contributed by atoms with van der Waals surface area (Å²) in [5, 5.41) is 0. The average Bonchev–Trinajstić information content (AvgIpc) is 2.08. The lowest BCUT2D eigenvalue weighted by atomic mass is 9.81. The van der Waals surface area contributed by atoms with E-state index in [9.17, 15) is 4.79 Å². The summed E-state index contributed by atoms with van der Waals surface area (Å²) in [6, 6.07) is 0.556. The molecule has 0 aromatic carbocycles. The Morgan fingerprint density at radius 2 is 2.15 bits per heavy atom. The maximum atomic E-state index is 11.7. The van der Waals surface area contributed by atoms with Gasteiger partial charge in [0.25, 0.3) is 0 Å². The van der Waals surface area contributed by atoms with Crippen LogP contribution in [-0.2, 0) is 4.79 Å². The Bertz CT molecular complexity index is 198. The van der Waals surface area contributed by atoms with E-state index in [1.807, 2.05) is 0 Å². The number of hydrogen-bond donors (Lipinski definition) is 0. The highest BCUT2D eigenvalue weighted by atomic mass is 16.1. The molecule has 0 N–H and O–H groups in total. The van der Waals surface area contributed by atoms with Crippen LogP contribution in [0.1, 0.15) is 40.5 Å². The lowest BCUT2D eigenvalue weighted by molar-refractivity contribution is -0.132. The normalized spacial score (nSPS) is 26.0. The van der Waals surface area contributed by atoms with Gasteiger partial charge in [0, 0.05) is 11.5 Å². The second-order valence-electron chi connectivity index (χ2n) is 4.78. The van der Waals surface area contributed by atoms with Crippen molar-refractivity contribution in [3.8, 4) is 0 Å². The largest absolute Gasteiger partial charge is 0.298 e. The Labute approximate surface area is 81.3 Å². The van der Waals surface area contributed by atoms with Gasteiger partial charge in [-0.1, -0.05) is 20.8 Å². The molecule has 1 heterocycles. The highest BCUT2D eigenvalue weighted by molar-refractivity contribution is 5.86. The molecule has 0 aliphatic carbocycles. The van der Waals surface area contributed by atoms with Crippen molar-refractivity contribution in [1.82, 2.24) is 4.90 Å². The molecule has 0 aromatic rings. The first-order valence-electron chi connectivity index (χ1n) is 5.24. The Hall–Kier alpha value is -0.370. The number of hydrogen-bond acceptors (Lipinski definition) is 2. The van der Waals surface area contributed by atoms with Crippen molar-refractivity contribution in [3.63, 3.8) is 0 Å². The molecule has 0 bridgehead atoms. The number of rotatable bonds is 2. The van der Waals surface area contributed by atoms with Crippen LogP contribution in [0.5, 0.6) is 0 Å². The van der Waals surface area contributed by atoms with Crippen LogP contribution in [0, 0.1) is 5.41 Å². The van der Waals surface area contributed by atoms with Gasteiger partial charge in [-0.25, -0.2) is 0 Å². The summed E-state index contributed by atoms with van der Waals surface area (Å²) in [7, 11) is 0. The van der Waals surface area contributed by atoms with Gasteiger partial charge in [-0.3, -0.25) is 9.69 Å². The molecule has 1 unspecified atom stereocenters. The highest BCUT2D eigenvalue weighted by Crippen LogP contribution is 2.27. The third kappa shape index (κ3) is 2.31. The molecule has 1 atom stereocenters. The van der Waals surface area contributed by atoms with E-state index in [1.165, 1.54) is 0 Å². The van der Waals surface area contributed by atoms with Gasteiger partial charge in [-0.2, -0.15) is 0 Å². The predicted molar refractivity (Wildman–Crippen MR) is 54.7 cm³/mol. The van der Waals surface area contributed by atoms with E-state index in [1.54, 1.807) is 0 Å². The van der Waals surface area contributed by atoms with Gasteiger partial charge >= 0.3 is 0 Å². The average molecular weight is 183 g/mol. The minimum atomic E-state index is -0.0794. The lowest BCUT2D eigenvalue weighted by Crippen LogP contribution is -2.48. The first-order chi connectivity index (χ1) is 5.97. The van der Waals surface area contributed by atoms with Crippen LogP contribution in [0.25, 0.3) is 0 Å². The Balaban J connectivity index is 2.56. The van der Waals surface area contributed by atoms with E-state index in [4.69, 9.17) is 0 Å². The molecule has 76 valence electrons. The SMILES string of the molecule is CCC(C)N1CCC(C)(C)C(=O)C1. The molecule has 0 radical (unpaired) electrons. The molecule has 2 nitrogen and oxygen atoms in total. The molecule has 2 heteroatoms. The van der Waals surface area contributed by atoms with Gasteiger partial charge in [-0.05, 0) is 26.3 Å². The Morgan fingerprint density at radius 3 is 2.62 bits per heavy atom. The van der Waals surface area contributed by atoms with Crippen molar-refractivity contribution >= 4 is 5.78 Å². The predicted octanol–water partition coefficient (Wildman–Crippen LogP) is 2.09. The summed E-state index contributed by atoms with van der Waals surface area (Å²) < 4.78 is 0. The monoisotopic (exact) mass is 183 g/mol. The second-order valence-corrected chi connectivity index (χ2v) is 4.78. The molecule has 0 saturated carbocycles. The molecule has 1 saturated heterocycles. The third-order valence-electron chi connectivity index (χ3n) is 3.34. The van der Waals surface area contributed by atoms with E-state index < -0.39 is 0 Å². The van der Waals surface area contributed by atoms with Crippen LogP contribution in [0.15, 0.2) is 0 Å². The first-order valence-corrected chi connectivity index (χ1v) is 5.24. The molecule has 1 aliphatic rings. The molecule has 1 fully saturated rings. The van der Waals surface area contributed by atoms with Crippen LogP contribution in [-0.4, -0.2) is 29.8 Å². The molecule has 1 aliphatic heterocycles. The standard InChI is InChI=1S/C11H21NO/c1-5-9(2)12-7-6-11(3,4)10(13)8-12/h9H,5-8H2,1-4H3. The van der Waals surface area contributed by atoms with Crippen molar-refractivity contribution in [2.45, 2.75) is 46.6 Å². The Morgan fingerprint density at radius 1 is 1.54 bits per heavy atom. The molecule has 13 heavy (non-hydrogen) atoms. The minimum absolute atomic E-state index is 0.0794. The molecule has 0 spiro atoms. The number of piperidine rings is 1. The zero-order valence-corrected chi connectivity index (χ0v) is 9.26. The van der Waals surface area contributed by atoms with Crippen LogP contribution in [0.3, 0.4) is 0 Å². The number of Topliss-reactive ketones (excluding diaryl/α,β-unsaturated/α-hetero) is 1. The topological polar surface area (TPSA) is 20.3 Å². The van der Waals surface area contributed by atoms with Gasteiger partial charge in [0.05, 0.1) is 6.54 Å². The van der Waals surface area contributed by atoms with E-state index in [0.717, 1.165) is 19.4 Å². The summed E-state index contributed by atoms with van der Waals surface area (Å²) >= 11 is 0. The van der Waals surface area contributed by atoms with E-state index in [2.05, 4.69) is 32.6 Å². The molecular weight excluding hydrogens is 162 g/mol. The first kappa shape index (κ1) is 10.7. The van der Waals surface area contributed by atoms with E-state index >= 15 is 0 Å². The lowest BCUT2D eigenvalue weighted by Gasteiger charge is -2.38. The maximum Gasteiger partial charge on any atom is 0.152 e. The fourth-order valence-corrected chi connectivity index (χ4v) is 1.67. The highest BCUT2D eigenvalue weighted by Gasteiger charge is 2.34. The number of carbonyl (C=O) groups is 1. The van der Waals surface area contributed by atoms with Crippen molar-refractivity contribution in [1.29, 1.82) is 0 Å². The quantitative estimate of drug-likeness (QED) is 0.653. The molecular formula is C11H21NO. The van der Waals surface area contributed by atoms with Gasteiger partial charge in [0.1, 0.15) is 0 Å². The van der Waals surface area contributed by atoms with E-state index in [-0.39, 0.29) is 5.41 Å². The number of carbonyl (C=O) groups excluding carboxylic acids is 1. The number of nitrogens with zero attached hydrogens (tertiary/aromatic N) is 1. The van der Waals surface area contributed by atoms with Crippen LogP contribution < -0.4 is 0 Å². The van der Waals surface area contributed by atoms with Gasteiger partial charge in [0.15, 0.2) is 5.78 Å². The minimum Gasteiger partial charge on any atom is -0.298 e. The molecule has 0 amide bonds. The summed E-state index contributed by atoms with van der Waals surface area (Å²) in [5.74, 6) is 0.402. The maximum absolute atomic E-state index is 11.7. The molecule has 0 aromatic heterocycles. The van der Waals surface area contributed by atoms with Gasteiger partial charge < -0.3 is 0 Å². The number of likely N-dealkylation sites (tertiary alicyclic amines) is 1. The van der Waals surface area contributed by atoms with Gasteiger partial charge in [-0.15, -0.1) is 0 Å². The fourth-order valence-electron chi connectivity index (χ4n) is 1.67. The van der Waals surface area contributed by atoms with Crippen molar-refractivity contribution < 1.29 is 4.79 Å². The number of ketones is 1. The van der Waals surface area contributed by atoms with Gasteiger partial charge in [0.2, 0.25) is 0 Å². The van der Waals surface area contributed by atoms with Crippen LogP contribution in [0.4, 0.5) is 0 Å². The Kier molecular flexibility index (Phi) is 3.12. The fraction of sp³-hybridized carbons (Fsp3) is 0.909. The van der Waals surface area contributed by atoms with Crippen LogP contribution in [0.2, 0.25) is 0 Å². The van der Waals surface area contributed by atoms with Crippen LogP contribution >= 0.6 is 0 Å². The summed E-state index contributed by atoms with van der Waals surface area (Å²) in [6.45, 7) is 10.2. The summed E-state index contributed by atoms with van der Waals surface area (Å²) in [6.07, 6.45) is 2.14. The third-order valence-corrected chi connectivity index (χ3v) is 3.34. The van der Waals surface area contributed by atoms with Crippen molar-refractivity contribution in [2.75, 3.05) is 13.1 Å². The smallest absolute Gasteiger partial charge is 0.152 e. The zero-order valence-electron chi connectivity index (χ0n) is 9.26. The molecule has 1 rings (SSSR count). The summed E-state index contributed by atoms with van der Waals surface area (Å²) in [4.78, 5) is 14.0.